The molecule has 0 bridgehead atoms. The monoisotopic (exact) mass is 214 g/mol. The van der Waals surface area contributed by atoms with Gasteiger partial charge in [-0.15, -0.1) is 0 Å². The SMILES string of the molecule is CC(CC(C)(C)[SH](=O)=O)[SH](=O)=O. The molecular formula is C6H14O4S2. The fraction of sp³-hybridized carbons (Fsp3) is 1.00. The Morgan fingerprint density at radius 1 is 1.17 bits per heavy atom. The second kappa shape index (κ2) is 4.23. The highest BCUT2D eigenvalue weighted by Crippen LogP contribution is 2.16. The molecule has 0 aliphatic carbocycles. The van der Waals surface area contributed by atoms with E-state index in [1.54, 1.807) is 0 Å². The summed E-state index contributed by atoms with van der Waals surface area (Å²) < 4.78 is 41.2. The molecule has 0 heterocycles. The van der Waals surface area contributed by atoms with Crippen LogP contribution >= 0.6 is 0 Å². The van der Waals surface area contributed by atoms with E-state index in [0.717, 1.165) is 0 Å². The predicted octanol–water partition coefficient (Wildman–Crippen LogP) is -0.234. The summed E-state index contributed by atoms with van der Waals surface area (Å²) in [5.74, 6) is 0. The molecule has 0 spiro atoms. The highest BCUT2D eigenvalue weighted by atomic mass is 32.2. The van der Waals surface area contributed by atoms with E-state index in [4.69, 9.17) is 0 Å². The summed E-state index contributed by atoms with van der Waals surface area (Å²) >= 11 is 0. The van der Waals surface area contributed by atoms with Crippen molar-refractivity contribution in [3.8, 4) is 0 Å². The summed E-state index contributed by atoms with van der Waals surface area (Å²) in [6.45, 7) is 4.55. The maximum atomic E-state index is 10.6. The van der Waals surface area contributed by atoms with E-state index in [0.29, 0.717) is 0 Å². The van der Waals surface area contributed by atoms with Crippen LogP contribution in [-0.4, -0.2) is 26.8 Å². The molecule has 1 atom stereocenters. The first-order chi connectivity index (χ1) is 5.27. The molecule has 74 valence electrons. The van der Waals surface area contributed by atoms with Crippen LogP contribution in [-0.2, 0) is 21.4 Å². The Kier molecular flexibility index (Phi) is 4.19. The molecule has 0 aliphatic rings. The second-order valence-electron chi connectivity index (χ2n) is 3.41. The number of hydrogen-bond donors (Lipinski definition) is 2. The molecule has 0 aliphatic heterocycles. The van der Waals surface area contributed by atoms with Crippen LogP contribution in [0.15, 0.2) is 0 Å². The predicted molar refractivity (Wildman–Crippen MR) is 48.8 cm³/mol. The van der Waals surface area contributed by atoms with E-state index in [9.17, 15) is 16.8 Å². The topological polar surface area (TPSA) is 68.3 Å². The molecule has 0 radical (unpaired) electrons. The third-order valence-electron chi connectivity index (χ3n) is 1.65. The van der Waals surface area contributed by atoms with Gasteiger partial charge >= 0.3 is 0 Å². The van der Waals surface area contributed by atoms with Crippen LogP contribution in [0.25, 0.3) is 0 Å². The van der Waals surface area contributed by atoms with E-state index < -0.39 is 31.4 Å². The van der Waals surface area contributed by atoms with E-state index in [1.807, 2.05) is 0 Å². The Hall–Kier alpha value is -0.100. The standard InChI is InChI=1S/C6H14O4S2/c1-5(11(7)8)4-6(2,3)12(9)10/h5,11-12H,4H2,1-3H3. The van der Waals surface area contributed by atoms with E-state index in [-0.39, 0.29) is 6.42 Å². The fourth-order valence-corrected chi connectivity index (χ4v) is 2.04. The lowest BCUT2D eigenvalue weighted by Gasteiger charge is -2.18. The molecule has 4 nitrogen and oxygen atoms in total. The molecule has 0 saturated heterocycles. The maximum absolute atomic E-state index is 10.6. The Balaban J connectivity index is 4.45. The van der Waals surface area contributed by atoms with Crippen molar-refractivity contribution in [3.05, 3.63) is 0 Å². The quantitative estimate of drug-likeness (QED) is 0.634. The largest absolute Gasteiger partial charge is 0.232 e. The maximum Gasteiger partial charge on any atom is 0.145 e. The number of thiol groups is 2. The second-order valence-corrected chi connectivity index (χ2v) is 6.59. The van der Waals surface area contributed by atoms with E-state index in [1.165, 1.54) is 20.8 Å². The van der Waals surface area contributed by atoms with Gasteiger partial charge in [-0.25, -0.2) is 16.8 Å². The van der Waals surface area contributed by atoms with Gasteiger partial charge in [0, 0.05) is 0 Å². The molecule has 0 fully saturated rings. The van der Waals surface area contributed by atoms with Gasteiger partial charge in [-0.05, 0) is 27.2 Å². The smallest absolute Gasteiger partial charge is 0.145 e. The molecule has 0 amide bonds. The average Bonchev–Trinajstić information content (AvgIpc) is 1.85. The molecule has 0 aromatic heterocycles. The van der Waals surface area contributed by atoms with Crippen molar-refractivity contribution in [1.82, 2.24) is 0 Å². The summed E-state index contributed by atoms with van der Waals surface area (Å²) in [6, 6.07) is 0. The molecule has 0 aromatic rings. The van der Waals surface area contributed by atoms with Crippen molar-refractivity contribution in [2.45, 2.75) is 37.2 Å². The van der Waals surface area contributed by atoms with Gasteiger partial charge < -0.3 is 0 Å². The summed E-state index contributed by atoms with van der Waals surface area (Å²) in [7, 11) is -5.09. The Morgan fingerprint density at radius 2 is 1.58 bits per heavy atom. The van der Waals surface area contributed by atoms with Gasteiger partial charge in [-0.2, -0.15) is 0 Å². The zero-order chi connectivity index (χ0) is 9.94. The molecule has 0 N–H and O–H groups in total. The minimum absolute atomic E-state index is 0.157. The lowest BCUT2D eigenvalue weighted by atomic mass is 10.1. The highest BCUT2D eigenvalue weighted by molar-refractivity contribution is 7.74. The van der Waals surface area contributed by atoms with Crippen molar-refractivity contribution in [1.29, 1.82) is 0 Å². The summed E-state index contributed by atoms with van der Waals surface area (Å²) in [5.41, 5.74) is 0. The molecular weight excluding hydrogens is 200 g/mol. The van der Waals surface area contributed by atoms with Gasteiger partial charge in [-0.3, -0.25) is 0 Å². The van der Waals surface area contributed by atoms with Gasteiger partial charge in [-0.1, -0.05) is 0 Å². The number of rotatable bonds is 4. The summed E-state index contributed by atoms with van der Waals surface area (Å²) in [5, 5.41) is -0.581. The van der Waals surface area contributed by atoms with Crippen molar-refractivity contribution in [2.24, 2.45) is 0 Å². The fourth-order valence-electron chi connectivity index (χ4n) is 0.872. The van der Waals surface area contributed by atoms with Crippen LogP contribution in [0.5, 0.6) is 0 Å². The van der Waals surface area contributed by atoms with Crippen LogP contribution in [0.1, 0.15) is 27.2 Å². The zero-order valence-corrected chi connectivity index (χ0v) is 9.10. The normalized spacial score (nSPS) is 15.4. The van der Waals surface area contributed by atoms with Crippen LogP contribution in [0, 0.1) is 0 Å². The van der Waals surface area contributed by atoms with E-state index in [2.05, 4.69) is 0 Å². The third kappa shape index (κ3) is 3.53. The molecule has 12 heavy (non-hydrogen) atoms. The van der Waals surface area contributed by atoms with Crippen LogP contribution < -0.4 is 0 Å². The summed E-state index contributed by atoms with van der Waals surface area (Å²) in [4.78, 5) is 0. The van der Waals surface area contributed by atoms with Gasteiger partial charge in [0.05, 0.1) is 10.00 Å². The van der Waals surface area contributed by atoms with E-state index >= 15 is 0 Å². The highest BCUT2D eigenvalue weighted by Gasteiger charge is 2.25. The lowest BCUT2D eigenvalue weighted by Crippen LogP contribution is -2.27. The molecule has 0 saturated carbocycles. The Bertz CT molecular complexity index is 272. The minimum Gasteiger partial charge on any atom is -0.232 e. The van der Waals surface area contributed by atoms with Gasteiger partial charge in [0.25, 0.3) is 0 Å². The van der Waals surface area contributed by atoms with Gasteiger partial charge in [0.2, 0.25) is 0 Å². The first-order valence-corrected chi connectivity index (χ1v) is 5.98. The van der Waals surface area contributed by atoms with Crippen molar-refractivity contribution in [3.63, 3.8) is 0 Å². The lowest BCUT2D eigenvalue weighted by molar-refractivity contribution is 0.533. The third-order valence-corrected chi connectivity index (χ3v) is 3.72. The molecule has 6 heteroatoms. The van der Waals surface area contributed by atoms with Crippen LogP contribution in [0.2, 0.25) is 0 Å². The first kappa shape index (κ1) is 11.9. The molecule has 1 unspecified atom stereocenters. The molecule has 0 rings (SSSR count). The van der Waals surface area contributed by atoms with Crippen molar-refractivity contribution >= 4 is 21.4 Å². The molecule has 0 aromatic carbocycles. The van der Waals surface area contributed by atoms with Crippen LogP contribution in [0.3, 0.4) is 0 Å². The van der Waals surface area contributed by atoms with Crippen molar-refractivity contribution in [2.75, 3.05) is 0 Å². The average molecular weight is 214 g/mol. The zero-order valence-electron chi connectivity index (χ0n) is 7.31. The van der Waals surface area contributed by atoms with Crippen molar-refractivity contribution < 1.29 is 16.8 Å². The minimum atomic E-state index is -2.57. The van der Waals surface area contributed by atoms with Gasteiger partial charge in [0.1, 0.15) is 21.4 Å². The Labute approximate surface area is 75.9 Å². The Morgan fingerprint density at radius 3 is 1.83 bits per heavy atom. The van der Waals surface area contributed by atoms with Crippen LogP contribution in [0.4, 0.5) is 0 Å². The van der Waals surface area contributed by atoms with Gasteiger partial charge in [0.15, 0.2) is 0 Å². The summed E-state index contributed by atoms with van der Waals surface area (Å²) in [6.07, 6.45) is 0.157. The first-order valence-electron chi connectivity index (χ1n) is 3.55. The number of hydrogen-bond acceptors (Lipinski definition) is 4.